The van der Waals surface area contributed by atoms with Gasteiger partial charge in [0.1, 0.15) is 5.75 Å². The second-order valence-corrected chi connectivity index (χ2v) is 7.62. The van der Waals surface area contributed by atoms with Crippen LogP contribution in [0, 0.1) is 6.92 Å². The van der Waals surface area contributed by atoms with E-state index in [0.717, 1.165) is 17.9 Å². The lowest BCUT2D eigenvalue weighted by molar-refractivity contribution is 0.241. The van der Waals surface area contributed by atoms with Gasteiger partial charge in [0.25, 0.3) is 0 Å². The van der Waals surface area contributed by atoms with Crippen LogP contribution in [0.4, 0.5) is 0 Å². The summed E-state index contributed by atoms with van der Waals surface area (Å²) in [7, 11) is 0. The Labute approximate surface area is 138 Å². The number of thiophene rings is 1. The molecule has 1 N–H and O–H groups in total. The number of hydrogen-bond donors (Lipinski definition) is 1. The summed E-state index contributed by atoms with van der Waals surface area (Å²) in [5.41, 5.74) is 2.39. The number of aromatic nitrogens is 1. The zero-order chi connectivity index (χ0) is 15.4. The molecule has 2 rings (SSSR count). The van der Waals surface area contributed by atoms with Gasteiger partial charge in [-0.15, -0.1) is 11.3 Å². The van der Waals surface area contributed by atoms with E-state index in [-0.39, 0.29) is 12.1 Å². The first kappa shape index (κ1) is 16.5. The van der Waals surface area contributed by atoms with E-state index in [0.29, 0.717) is 0 Å². The first-order valence-corrected chi connectivity index (χ1v) is 8.73. The second kappa shape index (κ2) is 7.38. The summed E-state index contributed by atoms with van der Waals surface area (Å²) < 4.78 is 6.94. The minimum Gasteiger partial charge on any atom is -0.489 e. The van der Waals surface area contributed by atoms with Crippen molar-refractivity contribution in [2.24, 2.45) is 0 Å². The Morgan fingerprint density at radius 2 is 2.10 bits per heavy atom. The summed E-state index contributed by atoms with van der Waals surface area (Å²) in [4.78, 5) is 5.61. The van der Waals surface area contributed by atoms with Gasteiger partial charge in [0.05, 0.1) is 22.1 Å². The number of hydrogen-bond acceptors (Lipinski definition) is 4. The highest BCUT2D eigenvalue weighted by Gasteiger charge is 2.17. The molecule has 0 saturated heterocycles. The van der Waals surface area contributed by atoms with Crippen LogP contribution in [-0.4, -0.2) is 17.6 Å². The first-order valence-electron chi connectivity index (χ1n) is 7.12. The molecule has 0 bridgehead atoms. The molecule has 2 aromatic heterocycles. The fourth-order valence-electron chi connectivity index (χ4n) is 2.14. The number of nitrogens with zero attached hydrogens (tertiary/aromatic N) is 1. The van der Waals surface area contributed by atoms with E-state index in [2.05, 4.69) is 52.2 Å². The van der Waals surface area contributed by atoms with Gasteiger partial charge in [0.2, 0.25) is 0 Å². The summed E-state index contributed by atoms with van der Waals surface area (Å²) in [6.07, 6.45) is 3.82. The van der Waals surface area contributed by atoms with E-state index in [1.165, 1.54) is 14.2 Å². The van der Waals surface area contributed by atoms with Gasteiger partial charge < -0.3 is 10.1 Å². The zero-order valence-electron chi connectivity index (χ0n) is 12.8. The van der Waals surface area contributed by atoms with Crippen molar-refractivity contribution in [1.29, 1.82) is 0 Å². The lowest BCUT2D eigenvalue weighted by atomic mass is 10.1. The SMILES string of the molecule is CCNC(c1cncc(OC(C)C)c1)c1cc(C)c(Br)s1. The third-order valence-electron chi connectivity index (χ3n) is 3.01. The van der Waals surface area contributed by atoms with Gasteiger partial charge in [-0.1, -0.05) is 6.92 Å². The molecule has 21 heavy (non-hydrogen) atoms. The molecule has 1 unspecified atom stereocenters. The molecule has 0 radical (unpaired) electrons. The molecule has 5 heteroatoms. The molecule has 0 saturated carbocycles. The van der Waals surface area contributed by atoms with Crippen molar-refractivity contribution in [1.82, 2.24) is 10.3 Å². The van der Waals surface area contributed by atoms with E-state index in [9.17, 15) is 0 Å². The fraction of sp³-hybridized carbons (Fsp3) is 0.438. The van der Waals surface area contributed by atoms with Crippen molar-refractivity contribution < 1.29 is 4.74 Å². The van der Waals surface area contributed by atoms with E-state index >= 15 is 0 Å². The van der Waals surface area contributed by atoms with Crippen LogP contribution in [-0.2, 0) is 0 Å². The van der Waals surface area contributed by atoms with Crippen molar-refractivity contribution in [3.05, 3.63) is 44.3 Å². The van der Waals surface area contributed by atoms with Gasteiger partial charge in [-0.25, -0.2) is 0 Å². The topological polar surface area (TPSA) is 34.2 Å². The lowest BCUT2D eigenvalue weighted by Gasteiger charge is -2.18. The fourth-order valence-corrected chi connectivity index (χ4v) is 3.82. The summed E-state index contributed by atoms with van der Waals surface area (Å²) >= 11 is 5.37. The van der Waals surface area contributed by atoms with E-state index < -0.39 is 0 Å². The lowest BCUT2D eigenvalue weighted by Crippen LogP contribution is -2.21. The third-order valence-corrected chi connectivity index (χ3v) is 5.21. The number of halogens is 1. The van der Waals surface area contributed by atoms with Gasteiger partial charge in [-0.2, -0.15) is 0 Å². The number of pyridine rings is 1. The van der Waals surface area contributed by atoms with Crippen molar-refractivity contribution in [3.63, 3.8) is 0 Å². The number of ether oxygens (including phenoxy) is 1. The molecule has 0 spiro atoms. The maximum Gasteiger partial charge on any atom is 0.138 e. The van der Waals surface area contributed by atoms with Crippen LogP contribution in [0.15, 0.2) is 28.3 Å². The summed E-state index contributed by atoms with van der Waals surface area (Å²) in [6, 6.07) is 4.44. The van der Waals surface area contributed by atoms with Gasteiger partial charge in [0, 0.05) is 11.1 Å². The van der Waals surface area contributed by atoms with E-state index in [1.54, 1.807) is 17.5 Å². The van der Waals surface area contributed by atoms with Crippen LogP contribution in [0.25, 0.3) is 0 Å². The third kappa shape index (κ3) is 4.28. The van der Waals surface area contributed by atoms with Gasteiger partial charge in [0.15, 0.2) is 0 Å². The molecular formula is C16H21BrN2OS. The quantitative estimate of drug-likeness (QED) is 0.802. The minimum atomic E-state index is 0.146. The van der Waals surface area contributed by atoms with Crippen LogP contribution in [0.2, 0.25) is 0 Å². The predicted octanol–water partition coefficient (Wildman–Crippen LogP) is 4.70. The molecule has 0 aromatic carbocycles. The van der Waals surface area contributed by atoms with Gasteiger partial charge >= 0.3 is 0 Å². The number of rotatable bonds is 6. The molecular weight excluding hydrogens is 348 g/mol. The highest BCUT2D eigenvalue weighted by molar-refractivity contribution is 9.11. The van der Waals surface area contributed by atoms with Crippen LogP contribution < -0.4 is 10.1 Å². The Morgan fingerprint density at radius 1 is 1.33 bits per heavy atom. The van der Waals surface area contributed by atoms with Gasteiger partial charge in [-0.3, -0.25) is 4.98 Å². The zero-order valence-corrected chi connectivity index (χ0v) is 15.2. The van der Waals surface area contributed by atoms with Crippen LogP contribution >= 0.6 is 27.3 Å². The summed E-state index contributed by atoms with van der Waals surface area (Å²) in [5, 5.41) is 3.53. The largest absolute Gasteiger partial charge is 0.489 e. The van der Waals surface area contributed by atoms with Gasteiger partial charge in [-0.05, 0) is 66.5 Å². The van der Waals surface area contributed by atoms with Crippen molar-refractivity contribution in [3.8, 4) is 5.75 Å². The molecule has 0 aliphatic rings. The Kier molecular flexibility index (Phi) is 5.79. The second-order valence-electron chi connectivity index (χ2n) is 5.22. The Hall–Kier alpha value is -0.910. The monoisotopic (exact) mass is 368 g/mol. The smallest absolute Gasteiger partial charge is 0.138 e. The molecule has 2 aromatic rings. The molecule has 0 aliphatic carbocycles. The van der Waals surface area contributed by atoms with Crippen molar-refractivity contribution in [2.45, 2.75) is 39.8 Å². The Morgan fingerprint density at radius 3 is 2.67 bits per heavy atom. The number of aryl methyl sites for hydroxylation is 1. The highest BCUT2D eigenvalue weighted by atomic mass is 79.9. The molecule has 0 aliphatic heterocycles. The average Bonchev–Trinajstić information content (AvgIpc) is 2.75. The van der Waals surface area contributed by atoms with Crippen molar-refractivity contribution >= 4 is 27.3 Å². The highest BCUT2D eigenvalue weighted by Crippen LogP contribution is 2.34. The molecule has 0 fully saturated rings. The maximum absolute atomic E-state index is 5.75. The van der Waals surface area contributed by atoms with Crippen molar-refractivity contribution in [2.75, 3.05) is 6.54 Å². The minimum absolute atomic E-state index is 0.146. The van der Waals surface area contributed by atoms with E-state index in [1.807, 2.05) is 20.0 Å². The van der Waals surface area contributed by atoms with E-state index in [4.69, 9.17) is 4.74 Å². The maximum atomic E-state index is 5.75. The predicted molar refractivity (Wildman–Crippen MR) is 92.3 cm³/mol. The molecule has 0 amide bonds. The number of nitrogens with one attached hydrogen (secondary N) is 1. The Bertz CT molecular complexity index is 578. The average molecular weight is 369 g/mol. The normalized spacial score (nSPS) is 12.7. The van der Waals surface area contributed by atoms with Crippen LogP contribution in [0.3, 0.4) is 0 Å². The standard InChI is InChI=1S/C16H21BrN2OS/c1-5-19-15(14-6-11(4)16(17)21-14)12-7-13(9-18-8-12)20-10(2)3/h6-10,15,19H,5H2,1-4H3. The van der Waals surface area contributed by atoms with Crippen LogP contribution in [0.5, 0.6) is 5.75 Å². The van der Waals surface area contributed by atoms with Crippen LogP contribution in [0.1, 0.15) is 42.8 Å². The molecule has 1 atom stereocenters. The Balaban J connectivity index is 2.33. The first-order chi connectivity index (χ1) is 10.0. The molecule has 2 heterocycles. The summed E-state index contributed by atoms with van der Waals surface area (Å²) in [6.45, 7) is 9.17. The summed E-state index contributed by atoms with van der Waals surface area (Å²) in [5.74, 6) is 0.817. The molecule has 3 nitrogen and oxygen atoms in total. The molecule has 114 valence electrons.